The fraction of sp³-hybridized carbons (Fsp3) is 0.562. The zero-order valence-electron chi connectivity index (χ0n) is 13.3. The number of aryl methyl sites for hydroxylation is 2. The summed E-state index contributed by atoms with van der Waals surface area (Å²) in [5.41, 5.74) is 2.39. The van der Waals surface area contributed by atoms with Gasteiger partial charge in [-0.05, 0) is 61.9 Å². The number of carbonyl (C=O) groups is 1. The highest BCUT2D eigenvalue weighted by molar-refractivity contribution is 7.97. The molecule has 1 aliphatic carbocycles. The topological polar surface area (TPSA) is 59.0 Å². The number of carboxylic acids is 1. The first-order chi connectivity index (χ1) is 10.5. The Bertz CT molecular complexity index is 508. The Labute approximate surface area is 135 Å². The quantitative estimate of drug-likeness (QED) is 0.556. The number of aliphatic carboxylic acids is 1. The second kappa shape index (κ2) is 7.85. The molecule has 0 saturated heterocycles. The summed E-state index contributed by atoms with van der Waals surface area (Å²) in [5, 5.41) is 8.60. The molecule has 1 aliphatic rings. The van der Waals surface area contributed by atoms with Crippen LogP contribution in [0.25, 0.3) is 0 Å². The van der Waals surface area contributed by atoms with Crippen molar-refractivity contribution in [2.75, 3.05) is 26.9 Å². The summed E-state index contributed by atoms with van der Waals surface area (Å²) >= 11 is 1.74. The van der Waals surface area contributed by atoms with Crippen molar-refractivity contribution in [1.29, 1.82) is 0 Å². The van der Waals surface area contributed by atoms with Crippen LogP contribution in [-0.4, -0.2) is 48.3 Å². The Morgan fingerprint density at radius 2 is 2.00 bits per heavy atom. The first-order valence-corrected chi connectivity index (χ1v) is 8.18. The molecular formula is C16H23NO4S. The molecule has 1 saturated carbocycles. The average molecular weight is 325 g/mol. The van der Waals surface area contributed by atoms with E-state index in [9.17, 15) is 4.79 Å². The standard InChI is InChI=1S/C16H23NO4S/c1-11-8-14(20-3)9-12(2)16(11)22-17(13-4-5-13)6-7-21-10-15(18)19/h8-9,13H,4-7,10H2,1-3H3,(H,18,19). The summed E-state index contributed by atoms with van der Waals surface area (Å²) < 4.78 is 12.8. The van der Waals surface area contributed by atoms with E-state index in [0.717, 1.165) is 12.3 Å². The number of hydrogen-bond donors (Lipinski definition) is 1. The Hall–Kier alpha value is -1.24. The van der Waals surface area contributed by atoms with Gasteiger partial charge in [0.05, 0.1) is 13.7 Å². The molecule has 122 valence electrons. The maximum absolute atomic E-state index is 10.5. The number of carboxylic acid groups (broad SMARTS) is 1. The molecule has 0 aromatic heterocycles. The van der Waals surface area contributed by atoms with Crippen LogP contribution in [0.2, 0.25) is 0 Å². The van der Waals surface area contributed by atoms with E-state index < -0.39 is 5.97 Å². The third-order valence-electron chi connectivity index (χ3n) is 3.51. The van der Waals surface area contributed by atoms with Gasteiger partial charge in [0.2, 0.25) is 0 Å². The lowest BCUT2D eigenvalue weighted by molar-refractivity contribution is -0.142. The lowest BCUT2D eigenvalue weighted by Gasteiger charge is -2.23. The van der Waals surface area contributed by atoms with E-state index in [1.807, 2.05) is 12.1 Å². The van der Waals surface area contributed by atoms with Gasteiger partial charge in [0.15, 0.2) is 0 Å². The van der Waals surface area contributed by atoms with Crippen molar-refractivity contribution < 1.29 is 19.4 Å². The van der Waals surface area contributed by atoms with Crippen molar-refractivity contribution >= 4 is 17.9 Å². The van der Waals surface area contributed by atoms with Crippen molar-refractivity contribution in [2.45, 2.75) is 37.6 Å². The smallest absolute Gasteiger partial charge is 0.329 e. The Morgan fingerprint density at radius 1 is 1.36 bits per heavy atom. The molecule has 1 N–H and O–H groups in total. The molecule has 1 aromatic carbocycles. The summed E-state index contributed by atoms with van der Waals surface area (Å²) in [7, 11) is 1.68. The zero-order valence-corrected chi connectivity index (χ0v) is 14.1. The van der Waals surface area contributed by atoms with Gasteiger partial charge in [0.25, 0.3) is 0 Å². The largest absolute Gasteiger partial charge is 0.497 e. The predicted octanol–water partition coefficient (Wildman–Crippen LogP) is 2.88. The van der Waals surface area contributed by atoms with Crippen LogP contribution in [0.1, 0.15) is 24.0 Å². The molecule has 0 amide bonds. The van der Waals surface area contributed by atoms with Crippen molar-refractivity contribution in [3.05, 3.63) is 23.3 Å². The van der Waals surface area contributed by atoms with Crippen molar-refractivity contribution in [3.8, 4) is 5.75 Å². The van der Waals surface area contributed by atoms with Crippen LogP contribution in [0.4, 0.5) is 0 Å². The van der Waals surface area contributed by atoms with E-state index in [0.29, 0.717) is 12.6 Å². The zero-order chi connectivity index (χ0) is 16.1. The molecule has 1 aromatic rings. The number of rotatable bonds is 9. The molecule has 5 nitrogen and oxygen atoms in total. The summed E-state index contributed by atoms with van der Waals surface area (Å²) in [6, 6.07) is 4.65. The molecule has 0 spiro atoms. The second-order valence-corrected chi connectivity index (χ2v) is 6.56. The third-order valence-corrected chi connectivity index (χ3v) is 5.06. The minimum absolute atomic E-state index is 0.232. The third kappa shape index (κ3) is 4.90. The molecule has 0 heterocycles. The van der Waals surface area contributed by atoms with Crippen LogP contribution < -0.4 is 4.74 Å². The van der Waals surface area contributed by atoms with Crippen molar-refractivity contribution in [3.63, 3.8) is 0 Å². The van der Waals surface area contributed by atoms with Gasteiger partial charge in [-0.1, -0.05) is 0 Å². The van der Waals surface area contributed by atoms with Gasteiger partial charge < -0.3 is 14.6 Å². The van der Waals surface area contributed by atoms with Gasteiger partial charge in [-0.15, -0.1) is 0 Å². The van der Waals surface area contributed by atoms with E-state index >= 15 is 0 Å². The number of ether oxygens (including phenoxy) is 2. The number of hydrogen-bond acceptors (Lipinski definition) is 5. The molecule has 0 atom stereocenters. The lowest BCUT2D eigenvalue weighted by atomic mass is 10.1. The molecule has 0 bridgehead atoms. The fourth-order valence-electron chi connectivity index (χ4n) is 2.27. The van der Waals surface area contributed by atoms with Gasteiger partial charge in [-0.25, -0.2) is 9.10 Å². The Kier molecular flexibility index (Phi) is 6.11. The SMILES string of the molecule is COc1cc(C)c(SN(CCOCC(=O)O)C2CC2)c(C)c1. The molecule has 6 heteroatoms. The van der Waals surface area contributed by atoms with Crippen LogP contribution >= 0.6 is 11.9 Å². The summed E-state index contributed by atoms with van der Waals surface area (Å²) in [6.07, 6.45) is 2.39. The van der Waals surface area contributed by atoms with Crippen LogP contribution in [0, 0.1) is 13.8 Å². The van der Waals surface area contributed by atoms with E-state index in [1.54, 1.807) is 19.1 Å². The maximum Gasteiger partial charge on any atom is 0.329 e. The van der Waals surface area contributed by atoms with Gasteiger partial charge in [0.1, 0.15) is 12.4 Å². The van der Waals surface area contributed by atoms with E-state index in [2.05, 4.69) is 18.2 Å². The number of nitrogens with zero attached hydrogens (tertiary/aromatic N) is 1. The Balaban J connectivity index is 1.97. The van der Waals surface area contributed by atoms with Crippen molar-refractivity contribution in [1.82, 2.24) is 4.31 Å². The molecular weight excluding hydrogens is 302 g/mol. The first kappa shape index (κ1) is 17.1. The van der Waals surface area contributed by atoms with Crippen LogP contribution in [-0.2, 0) is 9.53 Å². The van der Waals surface area contributed by atoms with Gasteiger partial charge in [-0.2, -0.15) is 0 Å². The molecule has 0 aliphatic heterocycles. The molecule has 1 fully saturated rings. The van der Waals surface area contributed by atoms with Gasteiger partial charge in [-0.3, -0.25) is 0 Å². The Morgan fingerprint density at radius 3 is 2.50 bits per heavy atom. The highest BCUT2D eigenvalue weighted by atomic mass is 32.2. The summed E-state index contributed by atoms with van der Waals surface area (Å²) in [5.74, 6) is -0.0467. The predicted molar refractivity (Wildman–Crippen MR) is 86.5 cm³/mol. The first-order valence-electron chi connectivity index (χ1n) is 7.40. The van der Waals surface area contributed by atoms with Gasteiger partial charge in [0, 0.05) is 17.5 Å². The fourth-order valence-corrected chi connectivity index (χ4v) is 3.43. The molecule has 2 rings (SSSR count). The molecule has 0 radical (unpaired) electrons. The molecule has 0 unspecified atom stereocenters. The number of methoxy groups -OCH3 is 1. The van der Waals surface area contributed by atoms with E-state index in [1.165, 1.54) is 28.9 Å². The van der Waals surface area contributed by atoms with Gasteiger partial charge >= 0.3 is 5.97 Å². The van der Waals surface area contributed by atoms with Crippen LogP contribution in [0.3, 0.4) is 0 Å². The van der Waals surface area contributed by atoms with Crippen LogP contribution in [0.5, 0.6) is 5.75 Å². The maximum atomic E-state index is 10.5. The van der Waals surface area contributed by atoms with E-state index in [4.69, 9.17) is 14.6 Å². The summed E-state index contributed by atoms with van der Waals surface area (Å²) in [4.78, 5) is 11.7. The highest BCUT2D eigenvalue weighted by Crippen LogP contribution is 2.39. The van der Waals surface area contributed by atoms with Crippen molar-refractivity contribution in [2.24, 2.45) is 0 Å². The average Bonchev–Trinajstić information content (AvgIpc) is 3.29. The highest BCUT2D eigenvalue weighted by Gasteiger charge is 2.30. The minimum Gasteiger partial charge on any atom is -0.497 e. The van der Waals surface area contributed by atoms with Crippen LogP contribution in [0.15, 0.2) is 17.0 Å². The minimum atomic E-state index is -0.924. The monoisotopic (exact) mass is 325 g/mol. The lowest BCUT2D eigenvalue weighted by Crippen LogP contribution is -2.24. The number of benzene rings is 1. The summed E-state index contributed by atoms with van der Waals surface area (Å²) in [6.45, 7) is 5.11. The van der Waals surface area contributed by atoms with E-state index in [-0.39, 0.29) is 6.61 Å². The molecule has 22 heavy (non-hydrogen) atoms. The second-order valence-electron chi connectivity index (χ2n) is 5.50. The normalized spacial score (nSPS) is 14.4.